The molecule has 9 heteroatoms. The molecule has 5 nitrogen and oxygen atoms in total. The number of oxime groups is 1. The Hall–Kier alpha value is -1.77. The Morgan fingerprint density at radius 1 is 1.07 bits per heavy atom. The Morgan fingerprint density at radius 2 is 1.69 bits per heavy atom. The predicted octanol–water partition coefficient (Wildman–Crippen LogP) is 5.50. The molecule has 0 aromatic heterocycles. The van der Waals surface area contributed by atoms with Crippen LogP contribution in [-0.4, -0.2) is 25.7 Å². The third-order valence-corrected chi connectivity index (χ3v) is 6.69. The highest BCUT2D eigenvalue weighted by Crippen LogP contribution is 2.33. The second-order valence-corrected chi connectivity index (χ2v) is 9.60. The second kappa shape index (κ2) is 8.93. The van der Waals surface area contributed by atoms with Crippen LogP contribution in [0.5, 0.6) is 0 Å². The van der Waals surface area contributed by atoms with Crippen LogP contribution in [0.2, 0.25) is 0 Å². The normalized spacial score (nSPS) is 20.1. The summed E-state index contributed by atoms with van der Waals surface area (Å²) < 4.78 is 63.9. The Morgan fingerprint density at radius 3 is 2.31 bits per heavy atom. The summed E-state index contributed by atoms with van der Waals surface area (Å²) in [5, 5.41) is 4.39. The Balaban J connectivity index is 1.99. The topological polar surface area (TPSA) is 67.8 Å². The molecule has 1 aromatic carbocycles. The van der Waals surface area contributed by atoms with Crippen molar-refractivity contribution in [2.45, 2.75) is 76.3 Å². The van der Waals surface area contributed by atoms with E-state index in [9.17, 15) is 21.6 Å². The van der Waals surface area contributed by atoms with E-state index in [4.69, 9.17) is 4.84 Å². The number of aryl methyl sites for hydroxylation is 1. The summed E-state index contributed by atoms with van der Waals surface area (Å²) in [5.41, 5.74) is -3.80. The molecule has 0 bridgehead atoms. The van der Waals surface area contributed by atoms with Crippen LogP contribution in [0.3, 0.4) is 0 Å². The maximum Gasteiger partial charge on any atom is 0.516 e. The van der Waals surface area contributed by atoms with Crippen molar-refractivity contribution in [3.63, 3.8) is 0 Å². The van der Waals surface area contributed by atoms with Gasteiger partial charge >= 0.3 is 15.5 Å². The third-order valence-electron chi connectivity index (χ3n) is 5.59. The fraction of sp³-hybridized carbons (Fsp3) is 0.650. The molecular formula is C20H27F3N2O3S. The molecular weight excluding hydrogens is 405 g/mol. The standard InChI is InChI=1S/C20H27F3N2O3S/c1-14-11-12-18(25-29(26,27)20(21,22)23)17(13-14)19(15-7-3-2-4-8-15)24-28-16-9-5-6-10-16/h11-13,15-16,25H,2-10H2,1H3/b24-19+. The lowest BCUT2D eigenvalue weighted by Crippen LogP contribution is -2.31. The minimum absolute atomic E-state index is 0.00807. The smallest absolute Gasteiger partial charge is 0.392 e. The first kappa shape index (κ1) is 21.9. The number of hydrogen-bond acceptors (Lipinski definition) is 4. The molecule has 2 saturated carbocycles. The van der Waals surface area contributed by atoms with Crippen molar-refractivity contribution in [1.82, 2.24) is 0 Å². The highest BCUT2D eigenvalue weighted by Gasteiger charge is 2.46. The first-order chi connectivity index (χ1) is 13.7. The zero-order valence-electron chi connectivity index (χ0n) is 16.5. The summed E-state index contributed by atoms with van der Waals surface area (Å²) in [7, 11) is -5.53. The van der Waals surface area contributed by atoms with Crippen molar-refractivity contribution in [2.24, 2.45) is 11.1 Å². The molecule has 0 radical (unpaired) electrons. The largest absolute Gasteiger partial charge is 0.516 e. The van der Waals surface area contributed by atoms with Crippen LogP contribution in [-0.2, 0) is 14.9 Å². The number of nitrogens with one attached hydrogen (secondary N) is 1. The van der Waals surface area contributed by atoms with Crippen LogP contribution in [0.15, 0.2) is 23.4 Å². The zero-order valence-corrected chi connectivity index (χ0v) is 17.3. The molecule has 29 heavy (non-hydrogen) atoms. The number of nitrogens with zero attached hydrogens (tertiary/aromatic N) is 1. The lowest BCUT2D eigenvalue weighted by molar-refractivity contribution is -0.0429. The number of rotatable bonds is 6. The summed E-state index contributed by atoms with van der Waals surface area (Å²) in [4.78, 5) is 5.75. The quantitative estimate of drug-likeness (QED) is 0.477. The molecule has 1 aromatic rings. The lowest BCUT2D eigenvalue weighted by atomic mass is 9.82. The molecule has 0 amide bonds. The van der Waals surface area contributed by atoms with Gasteiger partial charge in [0.05, 0.1) is 11.4 Å². The summed E-state index contributed by atoms with van der Waals surface area (Å²) in [5.74, 6) is 0.0288. The Labute approximate surface area is 169 Å². The molecule has 3 rings (SSSR count). The second-order valence-electron chi connectivity index (χ2n) is 7.92. The van der Waals surface area contributed by atoms with Gasteiger partial charge in [-0.25, -0.2) is 0 Å². The van der Waals surface area contributed by atoms with E-state index in [1.54, 1.807) is 16.9 Å². The maximum absolute atomic E-state index is 12.9. The van der Waals surface area contributed by atoms with Crippen LogP contribution in [0.1, 0.15) is 68.9 Å². The molecule has 0 atom stereocenters. The van der Waals surface area contributed by atoms with E-state index in [0.29, 0.717) is 11.3 Å². The monoisotopic (exact) mass is 432 g/mol. The van der Waals surface area contributed by atoms with Crippen LogP contribution in [0, 0.1) is 12.8 Å². The van der Waals surface area contributed by atoms with Crippen molar-refractivity contribution < 1.29 is 26.4 Å². The van der Waals surface area contributed by atoms with Crippen LogP contribution >= 0.6 is 0 Å². The number of alkyl halides is 3. The van der Waals surface area contributed by atoms with Gasteiger partial charge < -0.3 is 4.84 Å². The van der Waals surface area contributed by atoms with Crippen LogP contribution < -0.4 is 4.72 Å². The van der Waals surface area contributed by atoms with Gasteiger partial charge in [-0.05, 0) is 57.6 Å². The fourth-order valence-corrected chi connectivity index (χ4v) is 4.59. The average Bonchev–Trinajstić information content (AvgIpc) is 3.17. The van der Waals surface area contributed by atoms with Crippen molar-refractivity contribution in [2.75, 3.05) is 4.72 Å². The van der Waals surface area contributed by atoms with E-state index in [1.807, 2.05) is 6.92 Å². The molecule has 2 aliphatic rings. The van der Waals surface area contributed by atoms with Gasteiger partial charge in [0, 0.05) is 11.5 Å². The predicted molar refractivity (Wildman–Crippen MR) is 106 cm³/mol. The summed E-state index contributed by atoms with van der Waals surface area (Å²) in [6, 6.07) is 4.62. The van der Waals surface area contributed by atoms with Crippen molar-refractivity contribution >= 4 is 21.4 Å². The van der Waals surface area contributed by atoms with Gasteiger partial charge in [0.15, 0.2) is 0 Å². The van der Waals surface area contributed by atoms with E-state index in [2.05, 4.69) is 5.16 Å². The van der Waals surface area contributed by atoms with Gasteiger partial charge in [-0.1, -0.05) is 36.0 Å². The van der Waals surface area contributed by atoms with Crippen LogP contribution in [0.25, 0.3) is 0 Å². The molecule has 162 valence electrons. The van der Waals surface area contributed by atoms with Gasteiger partial charge in [0.1, 0.15) is 6.10 Å². The molecule has 0 unspecified atom stereocenters. The van der Waals surface area contributed by atoms with E-state index >= 15 is 0 Å². The zero-order chi connectivity index (χ0) is 21.1. The maximum atomic E-state index is 12.9. The van der Waals surface area contributed by atoms with E-state index in [-0.39, 0.29) is 17.7 Å². The fourth-order valence-electron chi connectivity index (χ4n) is 4.01. The van der Waals surface area contributed by atoms with Crippen molar-refractivity contribution in [1.29, 1.82) is 0 Å². The van der Waals surface area contributed by atoms with Crippen molar-refractivity contribution in [3.05, 3.63) is 29.3 Å². The third kappa shape index (κ3) is 5.43. The number of benzene rings is 1. The van der Waals surface area contributed by atoms with Crippen molar-refractivity contribution in [3.8, 4) is 0 Å². The minimum atomic E-state index is -5.53. The van der Waals surface area contributed by atoms with E-state index in [0.717, 1.165) is 63.4 Å². The van der Waals surface area contributed by atoms with Gasteiger partial charge in [-0.2, -0.15) is 21.6 Å². The van der Waals surface area contributed by atoms with Gasteiger partial charge in [-0.3, -0.25) is 4.72 Å². The van der Waals surface area contributed by atoms with E-state index in [1.165, 1.54) is 6.07 Å². The van der Waals surface area contributed by atoms with Gasteiger partial charge in [-0.15, -0.1) is 0 Å². The summed E-state index contributed by atoms with van der Waals surface area (Å²) >= 11 is 0. The van der Waals surface area contributed by atoms with E-state index < -0.39 is 15.5 Å². The Bertz CT molecular complexity index is 841. The number of anilines is 1. The SMILES string of the molecule is Cc1ccc(NS(=O)(=O)C(F)(F)F)c(/C(=N/OC2CCCC2)C2CCCCC2)c1. The number of halogens is 3. The summed E-state index contributed by atoms with van der Waals surface area (Å²) in [6.07, 6.45) is 8.78. The molecule has 0 aliphatic heterocycles. The molecule has 2 fully saturated rings. The highest BCUT2D eigenvalue weighted by atomic mass is 32.2. The number of hydrogen-bond donors (Lipinski definition) is 1. The molecule has 2 aliphatic carbocycles. The van der Waals surface area contributed by atoms with Gasteiger partial charge in [0.2, 0.25) is 0 Å². The first-order valence-corrected chi connectivity index (χ1v) is 11.6. The number of sulfonamides is 1. The first-order valence-electron chi connectivity index (χ1n) is 10.1. The summed E-state index contributed by atoms with van der Waals surface area (Å²) in [6.45, 7) is 1.81. The molecule has 1 N–H and O–H groups in total. The lowest BCUT2D eigenvalue weighted by Gasteiger charge is -2.25. The average molecular weight is 433 g/mol. The molecule has 0 spiro atoms. The highest BCUT2D eigenvalue weighted by molar-refractivity contribution is 7.93. The molecule has 0 saturated heterocycles. The molecule has 0 heterocycles. The van der Waals surface area contributed by atoms with Gasteiger partial charge in [0.25, 0.3) is 0 Å². The van der Waals surface area contributed by atoms with Crippen LogP contribution in [0.4, 0.5) is 18.9 Å². The minimum Gasteiger partial charge on any atom is -0.392 e. The Kier molecular flexibility index (Phi) is 6.76.